The number of hydrogen-bond acceptors (Lipinski definition) is 4. The van der Waals surface area contributed by atoms with Crippen molar-refractivity contribution in [1.29, 1.82) is 0 Å². The number of nitrogens with zero attached hydrogens (tertiary/aromatic N) is 4. The lowest BCUT2D eigenvalue weighted by molar-refractivity contribution is 0.164. The summed E-state index contributed by atoms with van der Waals surface area (Å²) >= 11 is 0. The molecule has 0 aliphatic carbocycles. The van der Waals surface area contributed by atoms with Crippen molar-refractivity contribution in [3.05, 3.63) is 11.6 Å². The van der Waals surface area contributed by atoms with E-state index in [1.807, 2.05) is 4.68 Å². The van der Waals surface area contributed by atoms with E-state index >= 15 is 0 Å². The third-order valence-corrected chi connectivity index (χ3v) is 4.78. The molecule has 2 aliphatic rings. The molecular weight excluding hydrogens is 252 g/mol. The van der Waals surface area contributed by atoms with E-state index in [1.54, 1.807) is 0 Å². The molecule has 3 rings (SSSR count). The van der Waals surface area contributed by atoms with Gasteiger partial charge in [0.05, 0.1) is 0 Å². The second kappa shape index (κ2) is 5.82. The SMILES string of the molecule is CC(C)N1CCCC(c2nc3n(n2)CC(CO)CC3)C1. The van der Waals surface area contributed by atoms with Crippen LogP contribution in [-0.2, 0) is 13.0 Å². The first kappa shape index (κ1) is 14.0. The number of piperidine rings is 1. The molecule has 0 radical (unpaired) electrons. The average molecular weight is 278 g/mol. The second-order valence-electron chi connectivity index (χ2n) is 6.58. The van der Waals surface area contributed by atoms with E-state index < -0.39 is 0 Å². The predicted molar refractivity (Wildman–Crippen MR) is 77.6 cm³/mol. The van der Waals surface area contributed by atoms with Crippen molar-refractivity contribution >= 4 is 0 Å². The predicted octanol–water partition coefficient (Wildman–Crippen LogP) is 1.42. The molecule has 2 aliphatic heterocycles. The number of hydrogen-bond donors (Lipinski definition) is 1. The number of aryl methyl sites for hydroxylation is 1. The third kappa shape index (κ3) is 2.74. The highest BCUT2D eigenvalue weighted by atomic mass is 16.3. The Kier molecular flexibility index (Phi) is 4.08. The van der Waals surface area contributed by atoms with Crippen molar-refractivity contribution in [2.75, 3.05) is 19.7 Å². The molecule has 20 heavy (non-hydrogen) atoms. The van der Waals surface area contributed by atoms with Crippen LogP contribution in [0.1, 0.15) is 50.7 Å². The lowest BCUT2D eigenvalue weighted by atomic mass is 9.96. The second-order valence-corrected chi connectivity index (χ2v) is 6.58. The number of aliphatic hydroxyl groups is 1. The Hall–Kier alpha value is -0.940. The zero-order valence-corrected chi connectivity index (χ0v) is 12.6. The smallest absolute Gasteiger partial charge is 0.155 e. The van der Waals surface area contributed by atoms with E-state index in [0.29, 0.717) is 17.9 Å². The highest BCUT2D eigenvalue weighted by Gasteiger charge is 2.28. The van der Waals surface area contributed by atoms with E-state index in [1.165, 1.54) is 19.4 Å². The van der Waals surface area contributed by atoms with Gasteiger partial charge in [0.1, 0.15) is 5.82 Å². The van der Waals surface area contributed by atoms with Crippen LogP contribution in [0, 0.1) is 5.92 Å². The molecule has 0 bridgehead atoms. The van der Waals surface area contributed by atoms with Gasteiger partial charge in [0.25, 0.3) is 0 Å². The van der Waals surface area contributed by atoms with E-state index in [0.717, 1.165) is 37.6 Å². The molecule has 1 N–H and O–H groups in total. The van der Waals surface area contributed by atoms with Crippen molar-refractivity contribution in [3.8, 4) is 0 Å². The molecule has 1 aromatic rings. The zero-order valence-electron chi connectivity index (χ0n) is 12.6. The van der Waals surface area contributed by atoms with Crippen LogP contribution in [0.3, 0.4) is 0 Å². The maximum Gasteiger partial charge on any atom is 0.155 e. The van der Waals surface area contributed by atoms with Gasteiger partial charge in [-0.3, -0.25) is 0 Å². The molecule has 5 nitrogen and oxygen atoms in total. The normalized spacial score (nSPS) is 27.8. The van der Waals surface area contributed by atoms with Crippen LogP contribution in [0.2, 0.25) is 0 Å². The Labute approximate surface area is 121 Å². The summed E-state index contributed by atoms with van der Waals surface area (Å²) in [4.78, 5) is 7.31. The summed E-state index contributed by atoms with van der Waals surface area (Å²) in [5.41, 5.74) is 0. The van der Waals surface area contributed by atoms with Crippen LogP contribution < -0.4 is 0 Å². The fourth-order valence-electron chi connectivity index (χ4n) is 3.40. The van der Waals surface area contributed by atoms with Crippen LogP contribution >= 0.6 is 0 Å². The van der Waals surface area contributed by atoms with Crippen LogP contribution in [0.25, 0.3) is 0 Å². The molecule has 0 aromatic carbocycles. The zero-order chi connectivity index (χ0) is 14.1. The quantitative estimate of drug-likeness (QED) is 0.908. The number of aromatic nitrogens is 3. The van der Waals surface area contributed by atoms with Gasteiger partial charge in [0, 0.05) is 44.0 Å². The standard InChI is InChI=1S/C15H26N4O/c1-11(2)18-7-3-4-13(9-18)15-16-14-6-5-12(10-20)8-19(14)17-15/h11-13,20H,3-10H2,1-2H3. The van der Waals surface area contributed by atoms with Gasteiger partial charge in [-0.25, -0.2) is 9.67 Å². The van der Waals surface area contributed by atoms with Gasteiger partial charge in [-0.15, -0.1) is 0 Å². The highest BCUT2D eigenvalue weighted by molar-refractivity contribution is 5.04. The molecule has 2 unspecified atom stereocenters. The number of rotatable bonds is 3. The van der Waals surface area contributed by atoms with E-state index in [2.05, 4.69) is 18.7 Å². The lowest BCUT2D eigenvalue weighted by Crippen LogP contribution is -2.39. The summed E-state index contributed by atoms with van der Waals surface area (Å²) < 4.78 is 2.04. The van der Waals surface area contributed by atoms with Gasteiger partial charge < -0.3 is 10.0 Å². The van der Waals surface area contributed by atoms with Gasteiger partial charge in [-0.1, -0.05) is 0 Å². The first-order valence-electron chi connectivity index (χ1n) is 7.96. The minimum absolute atomic E-state index is 0.263. The summed E-state index contributed by atoms with van der Waals surface area (Å²) in [5, 5.41) is 14.0. The largest absolute Gasteiger partial charge is 0.396 e. The molecule has 2 atom stereocenters. The fraction of sp³-hybridized carbons (Fsp3) is 0.867. The van der Waals surface area contributed by atoms with Gasteiger partial charge in [-0.2, -0.15) is 5.10 Å². The molecular formula is C15H26N4O. The van der Waals surface area contributed by atoms with Gasteiger partial charge in [0.2, 0.25) is 0 Å². The maximum absolute atomic E-state index is 9.30. The monoisotopic (exact) mass is 278 g/mol. The maximum atomic E-state index is 9.30. The van der Waals surface area contributed by atoms with Gasteiger partial charge in [0.15, 0.2) is 5.82 Å². The molecule has 1 fully saturated rings. The summed E-state index contributed by atoms with van der Waals surface area (Å²) in [6.45, 7) is 7.91. The van der Waals surface area contributed by atoms with Crippen molar-refractivity contribution in [2.24, 2.45) is 5.92 Å². The highest BCUT2D eigenvalue weighted by Crippen LogP contribution is 2.27. The van der Waals surface area contributed by atoms with Crippen LogP contribution in [-0.4, -0.2) is 50.5 Å². The Morgan fingerprint density at radius 2 is 2.15 bits per heavy atom. The number of likely N-dealkylation sites (tertiary alicyclic amines) is 1. The van der Waals surface area contributed by atoms with Crippen molar-refractivity contribution < 1.29 is 5.11 Å². The topological polar surface area (TPSA) is 54.2 Å². The van der Waals surface area contributed by atoms with Crippen molar-refractivity contribution in [2.45, 2.75) is 58.0 Å². The van der Waals surface area contributed by atoms with Crippen molar-refractivity contribution in [1.82, 2.24) is 19.7 Å². The minimum Gasteiger partial charge on any atom is -0.396 e. The summed E-state index contributed by atoms with van der Waals surface area (Å²) in [6, 6.07) is 0.605. The first-order valence-corrected chi connectivity index (χ1v) is 7.96. The molecule has 1 saturated heterocycles. The van der Waals surface area contributed by atoms with Crippen LogP contribution in [0.4, 0.5) is 0 Å². The van der Waals surface area contributed by atoms with E-state index in [9.17, 15) is 5.11 Å². The Bertz CT molecular complexity index is 457. The summed E-state index contributed by atoms with van der Waals surface area (Å²) in [7, 11) is 0. The minimum atomic E-state index is 0.263. The molecule has 0 amide bonds. The molecule has 3 heterocycles. The molecule has 1 aromatic heterocycles. The summed E-state index contributed by atoms with van der Waals surface area (Å²) in [6.07, 6.45) is 4.44. The molecule has 112 valence electrons. The molecule has 0 saturated carbocycles. The van der Waals surface area contributed by atoms with Crippen LogP contribution in [0.15, 0.2) is 0 Å². The van der Waals surface area contributed by atoms with Crippen LogP contribution in [0.5, 0.6) is 0 Å². The summed E-state index contributed by atoms with van der Waals surface area (Å²) in [5.74, 6) is 2.99. The van der Waals surface area contributed by atoms with E-state index in [4.69, 9.17) is 10.1 Å². The molecule has 5 heteroatoms. The number of fused-ring (bicyclic) bond motifs is 1. The van der Waals surface area contributed by atoms with Crippen molar-refractivity contribution in [3.63, 3.8) is 0 Å². The average Bonchev–Trinajstić information content (AvgIpc) is 2.90. The Morgan fingerprint density at radius 1 is 1.30 bits per heavy atom. The fourth-order valence-corrected chi connectivity index (χ4v) is 3.40. The lowest BCUT2D eigenvalue weighted by Gasteiger charge is -2.34. The first-order chi connectivity index (χ1) is 9.67. The van der Waals surface area contributed by atoms with Gasteiger partial charge in [-0.05, 0) is 39.7 Å². The van der Waals surface area contributed by atoms with E-state index in [-0.39, 0.29) is 6.61 Å². The van der Waals surface area contributed by atoms with Gasteiger partial charge >= 0.3 is 0 Å². The third-order valence-electron chi connectivity index (χ3n) is 4.78. The molecule has 0 spiro atoms. The Balaban J connectivity index is 1.73. The number of aliphatic hydroxyl groups excluding tert-OH is 1. The Morgan fingerprint density at radius 3 is 2.90 bits per heavy atom.